The summed E-state index contributed by atoms with van der Waals surface area (Å²) in [6, 6.07) is 6.88. The fourth-order valence-corrected chi connectivity index (χ4v) is 3.07. The molecular weight excluding hydrogens is 300 g/mol. The van der Waals surface area contributed by atoms with E-state index in [0.29, 0.717) is 10.9 Å². The van der Waals surface area contributed by atoms with Gasteiger partial charge in [0.1, 0.15) is 5.60 Å². The van der Waals surface area contributed by atoms with E-state index in [4.69, 9.17) is 22.1 Å². The van der Waals surface area contributed by atoms with Gasteiger partial charge in [-0.1, -0.05) is 23.7 Å². The highest BCUT2D eigenvalue weighted by atomic mass is 35.5. The Morgan fingerprint density at radius 2 is 1.95 bits per heavy atom. The normalized spacial score (nSPS) is 18.0. The van der Waals surface area contributed by atoms with Crippen molar-refractivity contribution in [2.75, 3.05) is 13.1 Å². The number of carbonyl (C=O) groups is 1. The predicted octanol–water partition coefficient (Wildman–Crippen LogP) is 3.05. The van der Waals surface area contributed by atoms with E-state index in [1.807, 2.05) is 26.0 Å². The maximum absolute atomic E-state index is 12.2. The van der Waals surface area contributed by atoms with Crippen LogP contribution in [0.4, 0.5) is 0 Å². The molecule has 5 heteroatoms. The molecule has 1 heterocycles. The Morgan fingerprint density at radius 1 is 1.36 bits per heavy atom. The number of nitrogens with one attached hydrogen (secondary N) is 1. The SMILES string of the molecule is CC(C)(OC(=O)CC(N)c1ccc(Cl)cc1)C1CCNCC1. The van der Waals surface area contributed by atoms with Gasteiger partial charge in [0.25, 0.3) is 0 Å². The first-order valence-corrected chi connectivity index (χ1v) is 8.20. The molecule has 0 bridgehead atoms. The molecule has 1 atom stereocenters. The first-order chi connectivity index (χ1) is 10.4. The average molecular weight is 325 g/mol. The van der Waals surface area contributed by atoms with Crippen LogP contribution in [0.2, 0.25) is 5.02 Å². The van der Waals surface area contributed by atoms with Crippen molar-refractivity contribution in [2.45, 2.75) is 44.8 Å². The maximum atomic E-state index is 12.2. The van der Waals surface area contributed by atoms with Crippen LogP contribution in [0, 0.1) is 5.92 Å². The van der Waals surface area contributed by atoms with E-state index in [1.165, 1.54) is 0 Å². The summed E-state index contributed by atoms with van der Waals surface area (Å²) in [5.41, 5.74) is 6.53. The number of halogens is 1. The number of rotatable bonds is 5. The molecule has 1 fully saturated rings. The zero-order valence-corrected chi connectivity index (χ0v) is 14.0. The molecule has 22 heavy (non-hydrogen) atoms. The number of piperidine rings is 1. The molecule has 4 nitrogen and oxygen atoms in total. The maximum Gasteiger partial charge on any atom is 0.308 e. The van der Waals surface area contributed by atoms with Gasteiger partial charge >= 0.3 is 5.97 Å². The van der Waals surface area contributed by atoms with Crippen LogP contribution in [0.1, 0.15) is 44.7 Å². The van der Waals surface area contributed by atoms with E-state index >= 15 is 0 Å². The Morgan fingerprint density at radius 3 is 2.55 bits per heavy atom. The molecule has 2 rings (SSSR count). The molecule has 122 valence electrons. The summed E-state index contributed by atoms with van der Waals surface area (Å²) >= 11 is 5.86. The van der Waals surface area contributed by atoms with Crippen LogP contribution >= 0.6 is 11.6 Å². The van der Waals surface area contributed by atoms with Gasteiger partial charge in [-0.05, 0) is 57.5 Å². The van der Waals surface area contributed by atoms with Gasteiger partial charge in [-0.2, -0.15) is 0 Å². The monoisotopic (exact) mass is 324 g/mol. The minimum Gasteiger partial charge on any atom is -0.459 e. The van der Waals surface area contributed by atoms with E-state index in [2.05, 4.69) is 5.32 Å². The smallest absolute Gasteiger partial charge is 0.308 e. The first kappa shape index (κ1) is 17.3. The minimum absolute atomic E-state index is 0.177. The van der Waals surface area contributed by atoms with Crippen molar-refractivity contribution in [1.29, 1.82) is 0 Å². The quantitative estimate of drug-likeness (QED) is 0.817. The number of hydrogen-bond acceptors (Lipinski definition) is 4. The van der Waals surface area contributed by atoms with E-state index in [-0.39, 0.29) is 18.4 Å². The van der Waals surface area contributed by atoms with Crippen molar-refractivity contribution in [3.05, 3.63) is 34.9 Å². The number of ether oxygens (including phenoxy) is 1. The number of hydrogen-bond donors (Lipinski definition) is 2. The molecule has 0 saturated carbocycles. The van der Waals surface area contributed by atoms with Crippen LogP contribution in [-0.2, 0) is 9.53 Å². The topological polar surface area (TPSA) is 64.3 Å². The lowest BCUT2D eigenvalue weighted by molar-refractivity contribution is -0.163. The van der Waals surface area contributed by atoms with Gasteiger partial charge in [0.15, 0.2) is 0 Å². The predicted molar refractivity (Wildman–Crippen MR) is 88.8 cm³/mol. The molecule has 1 saturated heterocycles. The minimum atomic E-state index is -0.446. The third-order valence-electron chi connectivity index (χ3n) is 4.38. The van der Waals surface area contributed by atoms with Gasteiger partial charge in [-0.3, -0.25) is 4.79 Å². The summed E-state index contributed by atoms with van der Waals surface area (Å²) in [6.07, 6.45) is 2.24. The number of carbonyl (C=O) groups excluding carboxylic acids is 1. The number of esters is 1. The molecule has 0 spiro atoms. The summed E-state index contributed by atoms with van der Waals surface area (Å²) < 4.78 is 5.72. The summed E-state index contributed by atoms with van der Waals surface area (Å²) in [5.74, 6) is 0.149. The van der Waals surface area contributed by atoms with E-state index in [1.54, 1.807) is 12.1 Å². The fourth-order valence-electron chi connectivity index (χ4n) is 2.94. The van der Waals surface area contributed by atoms with Crippen LogP contribution in [0.5, 0.6) is 0 Å². The van der Waals surface area contributed by atoms with Gasteiger partial charge in [0.2, 0.25) is 0 Å². The van der Waals surface area contributed by atoms with Crippen molar-refractivity contribution in [2.24, 2.45) is 11.7 Å². The molecule has 0 aliphatic carbocycles. The Labute approximate surface area is 137 Å². The van der Waals surface area contributed by atoms with Crippen molar-refractivity contribution in [1.82, 2.24) is 5.32 Å². The summed E-state index contributed by atoms with van der Waals surface area (Å²) in [7, 11) is 0. The summed E-state index contributed by atoms with van der Waals surface area (Å²) in [6.45, 7) is 5.95. The third-order valence-corrected chi connectivity index (χ3v) is 4.64. The molecule has 0 radical (unpaired) electrons. The van der Waals surface area contributed by atoms with E-state index < -0.39 is 5.60 Å². The van der Waals surface area contributed by atoms with Crippen LogP contribution in [0.3, 0.4) is 0 Å². The average Bonchev–Trinajstić information content (AvgIpc) is 2.48. The highest BCUT2D eigenvalue weighted by Gasteiger charge is 2.34. The second kappa shape index (κ2) is 7.44. The van der Waals surface area contributed by atoms with Crippen LogP contribution in [0.15, 0.2) is 24.3 Å². The largest absolute Gasteiger partial charge is 0.459 e. The molecule has 1 aromatic carbocycles. The van der Waals surface area contributed by atoms with E-state index in [0.717, 1.165) is 31.5 Å². The van der Waals surface area contributed by atoms with Gasteiger partial charge in [-0.25, -0.2) is 0 Å². The second-order valence-electron chi connectivity index (χ2n) is 6.46. The third kappa shape index (κ3) is 4.70. The van der Waals surface area contributed by atoms with Gasteiger partial charge < -0.3 is 15.8 Å². The molecule has 0 amide bonds. The van der Waals surface area contributed by atoms with Crippen LogP contribution in [0.25, 0.3) is 0 Å². The number of benzene rings is 1. The first-order valence-electron chi connectivity index (χ1n) is 7.82. The highest BCUT2D eigenvalue weighted by Crippen LogP contribution is 2.30. The van der Waals surface area contributed by atoms with Gasteiger partial charge in [0.05, 0.1) is 6.42 Å². The molecule has 1 unspecified atom stereocenters. The fraction of sp³-hybridized carbons (Fsp3) is 0.588. The van der Waals surface area contributed by atoms with Crippen molar-refractivity contribution in [3.63, 3.8) is 0 Å². The molecule has 1 aliphatic rings. The van der Waals surface area contributed by atoms with Gasteiger partial charge in [-0.15, -0.1) is 0 Å². The highest BCUT2D eigenvalue weighted by molar-refractivity contribution is 6.30. The summed E-state index contributed by atoms with van der Waals surface area (Å²) in [4.78, 5) is 12.2. The van der Waals surface area contributed by atoms with Crippen LogP contribution in [-0.4, -0.2) is 24.7 Å². The standard InChI is InChI=1S/C17H25ClN2O2/c1-17(2,13-7-9-20-10-8-13)22-16(21)11-15(19)12-3-5-14(18)6-4-12/h3-6,13,15,20H,7-11,19H2,1-2H3. The van der Waals surface area contributed by atoms with Crippen molar-refractivity contribution < 1.29 is 9.53 Å². The molecule has 1 aromatic rings. The van der Waals surface area contributed by atoms with Gasteiger partial charge in [0, 0.05) is 17.0 Å². The Balaban J connectivity index is 1.89. The van der Waals surface area contributed by atoms with Crippen molar-refractivity contribution >= 4 is 17.6 Å². The molecule has 3 N–H and O–H groups in total. The lowest BCUT2D eigenvalue weighted by Gasteiger charge is -2.37. The van der Waals surface area contributed by atoms with Crippen molar-refractivity contribution in [3.8, 4) is 0 Å². The molecular formula is C17H25ClN2O2. The summed E-state index contributed by atoms with van der Waals surface area (Å²) in [5, 5.41) is 3.99. The van der Waals surface area contributed by atoms with Crippen LogP contribution < -0.4 is 11.1 Å². The Hall–Kier alpha value is -1.10. The lowest BCUT2D eigenvalue weighted by Crippen LogP contribution is -2.43. The lowest BCUT2D eigenvalue weighted by atomic mass is 9.83. The molecule has 1 aliphatic heterocycles. The van der Waals surface area contributed by atoms with E-state index in [9.17, 15) is 4.79 Å². The Bertz CT molecular complexity index is 496. The Kier molecular flexibility index (Phi) is 5.84. The zero-order chi connectivity index (χ0) is 16.2. The zero-order valence-electron chi connectivity index (χ0n) is 13.3. The number of nitrogens with two attached hydrogens (primary N) is 1. The second-order valence-corrected chi connectivity index (χ2v) is 6.90. The molecule has 0 aromatic heterocycles.